The summed E-state index contributed by atoms with van der Waals surface area (Å²) in [5, 5.41) is 0. The lowest BCUT2D eigenvalue weighted by atomic mass is 9.83. The van der Waals surface area contributed by atoms with Crippen LogP contribution in [0.1, 0.15) is 0 Å². The summed E-state index contributed by atoms with van der Waals surface area (Å²) in [5.74, 6) is 2.94. The van der Waals surface area contributed by atoms with Gasteiger partial charge >= 0.3 is 0 Å². The first-order chi connectivity index (χ1) is 23.6. The van der Waals surface area contributed by atoms with E-state index in [2.05, 4.69) is 48.5 Å². The van der Waals surface area contributed by atoms with E-state index in [0.29, 0.717) is 34.5 Å². The van der Waals surface area contributed by atoms with Crippen LogP contribution in [-0.2, 0) is 0 Å². The van der Waals surface area contributed by atoms with Crippen molar-refractivity contribution in [1.29, 1.82) is 0 Å². The molecule has 0 saturated heterocycles. The Kier molecular flexibility index (Phi) is 9.53. The summed E-state index contributed by atoms with van der Waals surface area (Å²) in [6, 6.07) is 41.2. The van der Waals surface area contributed by atoms with Gasteiger partial charge in [0, 0.05) is 11.1 Å². The second-order valence-corrected chi connectivity index (χ2v) is 11.0. The molecule has 0 unspecified atom stereocenters. The van der Waals surface area contributed by atoms with Gasteiger partial charge in [-0.1, -0.05) is 109 Å². The Morgan fingerprint density at radius 2 is 0.604 bits per heavy atom. The largest absolute Gasteiger partial charge is 0.493 e. The summed E-state index contributed by atoms with van der Waals surface area (Å²) in [7, 11) is 9.75. The lowest BCUT2D eigenvalue weighted by Crippen LogP contribution is -2.04. The quantitative estimate of drug-likeness (QED) is 0.141. The molecule has 0 aliphatic rings. The normalized spacial score (nSPS) is 10.7. The third-order valence-corrected chi connectivity index (χ3v) is 8.51. The average molecular weight is 639 g/mol. The van der Waals surface area contributed by atoms with E-state index in [1.807, 2.05) is 72.8 Å². The Hall–Kier alpha value is -5.88. The van der Waals surface area contributed by atoms with Gasteiger partial charge in [0.25, 0.3) is 0 Å². The standard InChI is InChI=1S/C42H38O6/c1-43-35-25-33(31-23-15-13-21-29(31)27-17-9-7-10-18-27)37(41(47-5)39(35)45-3)38-34(26-36(44-2)40(46-4)42(38)48-6)32-24-16-14-22-30(32)28-19-11-8-12-20-28/h7-26H,1-6H3. The maximum absolute atomic E-state index is 6.27. The molecule has 0 heterocycles. The van der Waals surface area contributed by atoms with Crippen LogP contribution < -0.4 is 28.4 Å². The van der Waals surface area contributed by atoms with Crippen molar-refractivity contribution in [2.45, 2.75) is 0 Å². The second kappa shape index (κ2) is 14.3. The van der Waals surface area contributed by atoms with Crippen molar-refractivity contribution in [3.63, 3.8) is 0 Å². The summed E-state index contributed by atoms with van der Waals surface area (Å²) in [6.07, 6.45) is 0. The van der Waals surface area contributed by atoms with Gasteiger partial charge in [-0.25, -0.2) is 0 Å². The van der Waals surface area contributed by atoms with Crippen LogP contribution in [0.4, 0.5) is 0 Å². The first-order valence-electron chi connectivity index (χ1n) is 15.6. The fourth-order valence-corrected chi connectivity index (χ4v) is 6.41. The number of ether oxygens (including phenoxy) is 6. The van der Waals surface area contributed by atoms with Gasteiger partial charge in [-0.15, -0.1) is 0 Å². The first-order valence-corrected chi connectivity index (χ1v) is 15.6. The number of methoxy groups -OCH3 is 6. The van der Waals surface area contributed by atoms with Crippen molar-refractivity contribution in [2.75, 3.05) is 42.7 Å². The summed E-state index contributed by atoms with van der Waals surface area (Å²) < 4.78 is 36.4. The molecule has 0 amide bonds. The Morgan fingerprint density at radius 1 is 0.292 bits per heavy atom. The number of benzene rings is 6. The molecule has 0 N–H and O–H groups in total. The molecule has 6 rings (SSSR count). The number of hydrogen-bond donors (Lipinski definition) is 0. The predicted octanol–water partition coefficient (Wildman–Crippen LogP) is 10.1. The Morgan fingerprint density at radius 3 is 0.917 bits per heavy atom. The van der Waals surface area contributed by atoms with Gasteiger partial charge in [-0.3, -0.25) is 0 Å². The van der Waals surface area contributed by atoms with Crippen LogP contribution in [0.3, 0.4) is 0 Å². The summed E-state index contributed by atoms with van der Waals surface area (Å²) >= 11 is 0. The van der Waals surface area contributed by atoms with Crippen LogP contribution in [0.2, 0.25) is 0 Å². The smallest absolute Gasteiger partial charge is 0.203 e. The van der Waals surface area contributed by atoms with Crippen LogP contribution in [0, 0.1) is 0 Å². The molecule has 0 aromatic heterocycles. The molecule has 0 radical (unpaired) electrons. The molecule has 0 aliphatic heterocycles. The maximum Gasteiger partial charge on any atom is 0.203 e. The van der Waals surface area contributed by atoms with Crippen molar-refractivity contribution in [2.24, 2.45) is 0 Å². The summed E-state index contributed by atoms with van der Waals surface area (Å²) in [4.78, 5) is 0. The van der Waals surface area contributed by atoms with E-state index in [1.54, 1.807) is 42.7 Å². The highest BCUT2D eigenvalue weighted by atomic mass is 16.5. The summed E-state index contributed by atoms with van der Waals surface area (Å²) in [5.41, 5.74) is 9.36. The van der Waals surface area contributed by atoms with Gasteiger partial charge in [0.15, 0.2) is 23.0 Å². The average Bonchev–Trinajstić information content (AvgIpc) is 3.16. The summed E-state index contributed by atoms with van der Waals surface area (Å²) in [6.45, 7) is 0. The molecule has 0 fully saturated rings. The number of hydrogen-bond acceptors (Lipinski definition) is 6. The number of rotatable bonds is 11. The van der Waals surface area contributed by atoms with E-state index in [1.165, 1.54) is 0 Å². The van der Waals surface area contributed by atoms with Crippen molar-refractivity contribution in [1.82, 2.24) is 0 Å². The lowest BCUT2D eigenvalue weighted by molar-refractivity contribution is 0.322. The van der Waals surface area contributed by atoms with Gasteiger partial charge in [-0.05, 0) is 56.6 Å². The van der Waals surface area contributed by atoms with E-state index in [0.717, 1.165) is 55.6 Å². The highest BCUT2D eigenvalue weighted by molar-refractivity contribution is 6.05. The zero-order chi connectivity index (χ0) is 33.6. The molecule has 6 aromatic carbocycles. The van der Waals surface area contributed by atoms with Crippen LogP contribution in [0.5, 0.6) is 34.5 Å². The molecule has 0 atom stereocenters. The topological polar surface area (TPSA) is 55.4 Å². The van der Waals surface area contributed by atoms with Crippen molar-refractivity contribution in [3.8, 4) is 90.1 Å². The third-order valence-electron chi connectivity index (χ3n) is 8.51. The van der Waals surface area contributed by atoms with E-state index >= 15 is 0 Å². The molecule has 0 aliphatic carbocycles. The van der Waals surface area contributed by atoms with Crippen molar-refractivity contribution < 1.29 is 28.4 Å². The molecule has 0 spiro atoms. The SMILES string of the molecule is COc1cc(-c2ccccc2-c2ccccc2)c(-c2c(-c3ccccc3-c3ccccc3)cc(OC)c(OC)c2OC)c(OC)c1OC. The maximum atomic E-state index is 6.27. The minimum Gasteiger partial charge on any atom is -0.493 e. The highest BCUT2D eigenvalue weighted by Crippen LogP contribution is 2.59. The Balaban J connectivity index is 1.83. The fraction of sp³-hybridized carbons (Fsp3) is 0.143. The zero-order valence-corrected chi connectivity index (χ0v) is 28.0. The van der Waals surface area contributed by atoms with E-state index in [-0.39, 0.29) is 0 Å². The lowest BCUT2D eigenvalue weighted by Gasteiger charge is -2.26. The molecule has 242 valence electrons. The highest BCUT2D eigenvalue weighted by Gasteiger charge is 2.32. The molecule has 0 bridgehead atoms. The van der Waals surface area contributed by atoms with Crippen molar-refractivity contribution in [3.05, 3.63) is 121 Å². The van der Waals surface area contributed by atoms with Crippen LogP contribution in [-0.4, -0.2) is 42.7 Å². The predicted molar refractivity (Wildman–Crippen MR) is 193 cm³/mol. The molecule has 6 aromatic rings. The second-order valence-electron chi connectivity index (χ2n) is 11.0. The van der Waals surface area contributed by atoms with E-state index < -0.39 is 0 Å². The minimum absolute atomic E-state index is 0.454. The molecular formula is C42H38O6. The fourth-order valence-electron chi connectivity index (χ4n) is 6.41. The minimum atomic E-state index is 0.454. The van der Waals surface area contributed by atoms with E-state index in [9.17, 15) is 0 Å². The van der Waals surface area contributed by atoms with Crippen LogP contribution in [0.25, 0.3) is 55.6 Å². The molecule has 0 saturated carbocycles. The van der Waals surface area contributed by atoms with Crippen LogP contribution >= 0.6 is 0 Å². The monoisotopic (exact) mass is 638 g/mol. The van der Waals surface area contributed by atoms with Gasteiger partial charge in [0.1, 0.15) is 0 Å². The van der Waals surface area contributed by atoms with Gasteiger partial charge in [0.2, 0.25) is 11.5 Å². The first kappa shape index (κ1) is 32.1. The Labute approximate surface area is 282 Å². The van der Waals surface area contributed by atoms with Gasteiger partial charge in [-0.2, -0.15) is 0 Å². The third kappa shape index (κ3) is 5.66. The zero-order valence-electron chi connectivity index (χ0n) is 28.0. The van der Waals surface area contributed by atoms with E-state index in [4.69, 9.17) is 28.4 Å². The van der Waals surface area contributed by atoms with Crippen LogP contribution in [0.15, 0.2) is 121 Å². The molecule has 48 heavy (non-hydrogen) atoms. The molecule has 6 heteroatoms. The molecular weight excluding hydrogens is 600 g/mol. The molecule has 6 nitrogen and oxygen atoms in total. The Bertz CT molecular complexity index is 1890. The van der Waals surface area contributed by atoms with Gasteiger partial charge in [0.05, 0.1) is 42.7 Å². The van der Waals surface area contributed by atoms with Crippen molar-refractivity contribution >= 4 is 0 Å². The van der Waals surface area contributed by atoms with Gasteiger partial charge < -0.3 is 28.4 Å².